The zero-order chi connectivity index (χ0) is 19.7. The number of benzene rings is 2. The number of nitrogens with zero attached hydrogens (tertiary/aromatic N) is 2. The fraction of sp³-hybridized carbons (Fsp3) is 0.174. The van der Waals surface area contributed by atoms with Crippen LogP contribution in [0.25, 0.3) is 22.6 Å². The van der Waals surface area contributed by atoms with E-state index in [1.54, 1.807) is 19.1 Å². The molecule has 3 aromatic rings. The lowest BCUT2D eigenvalue weighted by Gasteiger charge is -2.13. The Morgan fingerprint density at radius 3 is 2.71 bits per heavy atom. The number of aromatic nitrogens is 1. The van der Waals surface area contributed by atoms with Gasteiger partial charge in [-0.05, 0) is 60.7 Å². The molecule has 1 atom stereocenters. The van der Waals surface area contributed by atoms with E-state index >= 15 is 0 Å². The molecular weight excluding hydrogens is 352 g/mol. The van der Waals surface area contributed by atoms with Gasteiger partial charge in [-0.15, -0.1) is 0 Å². The molecule has 0 bridgehead atoms. The Kier molecular flexibility index (Phi) is 4.54. The Hall–Kier alpha value is -3.65. The van der Waals surface area contributed by atoms with Crippen molar-refractivity contribution in [3.05, 3.63) is 70.9 Å². The highest BCUT2D eigenvalue weighted by Gasteiger charge is 2.28. The minimum absolute atomic E-state index is 0.217. The van der Waals surface area contributed by atoms with Crippen LogP contribution < -0.4 is 0 Å². The van der Waals surface area contributed by atoms with Crippen molar-refractivity contribution in [1.82, 2.24) is 4.98 Å². The molecule has 2 aromatic carbocycles. The van der Waals surface area contributed by atoms with E-state index in [1.807, 2.05) is 48.5 Å². The van der Waals surface area contributed by atoms with Crippen LogP contribution in [0.5, 0.6) is 5.75 Å². The summed E-state index contributed by atoms with van der Waals surface area (Å²) in [5.74, 6) is -0.274. The average Bonchev–Trinajstić information content (AvgIpc) is 3.09. The second-order valence-corrected chi connectivity index (χ2v) is 6.77. The number of allylic oxidation sites excluding steroid dienone is 1. The van der Waals surface area contributed by atoms with Gasteiger partial charge in [0.1, 0.15) is 11.8 Å². The molecule has 0 radical (unpaired) electrons. The molecule has 1 aliphatic carbocycles. The summed E-state index contributed by atoms with van der Waals surface area (Å²) >= 11 is 0. The molecule has 0 amide bonds. The summed E-state index contributed by atoms with van der Waals surface area (Å²) < 4.78 is 5.31. The van der Waals surface area contributed by atoms with Crippen LogP contribution in [-0.2, 0) is 11.2 Å². The molecule has 138 valence electrons. The van der Waals surface area contributed by atoms with Crippen molar-refractivity contribution < 1.29 is 14.6 Å². The molecule has 1 aromatic heterocycles. The van der Waals surface area contributed by atoms with E-state index in [4.69, 9.17) is 15.0 Å². The topological polar surface area (TPSA) is 83.2 Å². The van der Waals surface area contributed by atoms with E-state index in [0.29, 0.717) is 12.0 Å². The number of fused-ring (bicyclic) bond motifs is 2. The van der Waals surface area contributed by atoms with E-state index in [9.17, 15) is 9.90 Å². The van der Waals surface area contributed by atoms with Gasteiger partial charge < -0.3 is 9.84 Å². The van der Waals surface area contributed by atoms with Gasteiger partial charge in [0.05, 0.1) is 16.8 Å². The van der Waals surface area contributed by atoms with Gasteiger partial charge in [0.25, 0.3) is 0 Å². The summed E-state index contributed by atoms with van der Waals surface area (Å²) in [5.41, 5.74) is 4.86. The fourth-order valence-electron chi connectivity index (χ4n) is 3.53. The summed E-state index contributed by atoms with van der Waals surface area (Å²) in [7, 11) is 0. The van der Waals surface area contributed by atoms with Gasteiger partial charge in [-0.25, -0.2) is 9.78 Å². The Labute approximate surface area is 162 Å². The van der Waals surface area contributed by atoms with Crippen LogP contribution in [0.2, 0.25) is 0 Å². The maximum atomic E-state index is 12.8. The first-order chi connectivity index (χ1) is 13.6. The Balaban J connectivity index is 1.86. The highest BCUT2D eigenvalue weighted by atomic mass is 16.5. The monoisotopic (exact) mass is 370 g/mol. The zero-order valence-electron chi connectivity index (χ0n) is 15.3. The van der Waals surface area contributed by atoms with Crippen LogP contribution in [0.1, 0.15) is 40.5 Å². The summed E-state index contributed by atoms with van der Waals surface area (Å²) in [4.78, 5) is 17.6. The zero-order valence-corrected chi connectivity index (χ0v) is 15.3. The number of pyridine rings is 1. The van der Waals surface area contributed by atoms with Crippen molar-refractivity contribution in [1.29, 1.82) is 5.26 Å². The SMILES string of the molecule is C[C@H](C#N)OC(=O)c1c2c(nc3ccccc13)/C(=C/c1ccc(O)cc1)CC2. The average molecular weight is 370 g/mol. The lowest BCUT2D eigenvalue weighted by molar-refractivity contribution is 0.0436. The number of rotatable bonds is 3. The van der Waals surface area contributed by atoms with Crippen molar-refractivity contribution >= 4 is 28.5 Å². The third-order valence-corrected chi connectivity index (χ3v) is 4.85. The third-order valence-electron chi connectivity index (χ3n) is 4.85. The highest BCUT2D eigenvalue weighted by molar-refractivity contribution is 6.07. The summed E-state index contributed by atoms with van der Waals surface area (Å²) in [5, 5.41) is 19.2. The van der Waals surface area contributed by atoms with Gasteiger partial charge in [-0.1, -0.05) is 30.3 Å². The Morgan fingerprint density at radius 1 is 1.21 bits per heavy atom. The van der Waals surface area contributed by atoms with Crippen molar-refractivity contribution in [2.24, 2.45) is 0 Å². The number of nitriles is 1. The van der Waals surface area contributed by atoms with Gasteiger partial charge >= 0.3 is 5.97 Å². The molecule has 0 unspecified atom stereocenters. The molecule has 0 aliphatic heterocycles. The number of phenols is 1. The van der Waals surface area contributed by atoms with E-state index in [1.165, 1.54) is 0 Å². The quantitative estimate of drug-likeness (QED) is 0.687. The second kappa shape index (κ2) is 7.16. The van der Waals surface area contributed by atoms with E-state index in [-0.39, 0.29) is 5.75 Å². The van der Waals surface area contributed by atoms with Crippen molar-refractivity contribution in [2.75, 3.05) is 0 Å². The standard InChI is InChI=1S/C23H18N2O3/c1-14(13-24)28-23(27)21-18-4-2-3-5-20(18)25-22-16(8-11-19(21)22)12-15-6-9-17(26)10-7-15/h2-7,9-10,12,14,26H,8,11H2,1H3/b16-12+/t14-/m1/s1. The number of esters is 1. The minimum Gasteiger partial charge on any atom is -0.508 e. The smallest absolute Gasteiger partial charge is 0.340 e. The van der Waals surface area contributed by atoms with Crippen LogP contribution in [0.15, 0.2) is 48.5 Å². The molecule has 0 saturated heterocycles. The maximum Gasteiger partial charge on any atom is 0.340 e. The number of carbonyl (C=O) groups is 1. The van der Waals surface area contributed by atoms with E-state index in [0.717, 1.165) is 39.7 Å². The third kappa shape index (κ3) is 3.21. The van der Waals surface area contributed by atoms with Gasteiger partial charge in [0, 0.05) is 5.39 Å². The number of ether oxygens (including phenoxy) is 1. The molecule has 4 rings (SSSR count). The van der Waals surface area contributed by atoms with Gasteiger partial charge in [-0.3, -0.25) is 0 Å². The fourth-order valence-corrected chi connectivity index (χ4v) is 3.53. The van der Waals surface area contributed by atoms with Gasteiger partial charge in [0.2, 0.25) is 0 Å². The summed E-state index contributed by atoms with van der Waals surface area (Å²) in [6, 6.07) is 16.4. The van der Waals surface area contributed by atoms with Crippen molar-refractivity contribution in [3.63, 3.8) is 0 Å². The Morgan fingerprint density at radius 2 is 1.96 bits per heavy atom. The molecule has 1 N–H and O–H groups in total. The number of hydrogen-bond donors (Lipinski definition) is 1. The molecule has 0 saturated carbocycles. The number of phenolic OH excluding ortho intramolecular Hbond substituents is 1. The first-order valence-corrected chi connectivity index (χ1v) is 9.09. The lowest BCUT2D eigenvalue weighted by Crippen LogP contribution is -2.16. The number of hydrogen-bond acceptors (Lipinski definition) is 5. The van der Waals surface area contributed by atoms with Crippen LogP contribution in [-0.4, -0.2) is 22.2 Å². The van der Waals surface area contributed by atoms with E-state index in [2.05, 4.69) is 0 Å². The second-order valence-electron chi connectivity index (χ2n) is 6.77. The first-order valence-electron chi connectivity index (χ1n) is 9.09. The van der Waals surface area contributed by atoms with Crippen molar-refractivity contribution in [2.45, 2.75) is 25.9 Å². The van der Waals surface area contributed by atoms with Crippen molar-refractivity contribution in [3.8, 4) is 11.8 Å². The van der Waals surface area contributed by atoms with Gasteiger partial charge in [-0.2, -0.15) is 5.26 Å². The van der Waals surface area contributed by atoms with Gasteiger partial charge in [0.15, 0.2) is 6.10 Å². The predicted molar refractivity (Wildman–Crippen MR) is 107 cm³/mol. The van der Waals surface area contributed by atoms with Crippen LogP contribution in [0, 0.1) is 11.3 Å². The molecule has 0 spiro atoms. The van der Waals surface area contributed by atoms with Crippen LogP contribution in [0.4, 0.5) is 0 Å². The lowest BCUT2D eigenvalue weighted by atomic mass is 10.0. The van der Waals surface area contributed by atoms with Crippen LogP contribution in [0.3, 0.4) is 0 Å². The van der Waals surface area contributed by atoms with E-state index < -0.39 is 12.1 Å². The highest BCUT2D eigenvalue weighted by Crippen LogP contribution is 2.38. The largest absolute Gasteiger partial charge is 0.508 e. The number of aromatic hydroxyl groups is 1. The summed E-state index contributed by atoms with van der Waals surface area (Å²) in [6.45, 7) is 1.55. The molecule has 1 aliphatic rings. The first kappa shape index (κ1) is 17.7. The molecule has 0 fully saturated rings. The minimum atomic E-state index is -0.816. The molecule has 28 heavy (non-hydrogen) atoms. The molecule has 5 heteroatoms. The number of para-hydroxylation sites is 1. The van der Waals surface area contributed by atoms with Crippen LogP contribution >= 0.6 is 0 Å². The molecular formula is C23H18N2O3. The Bertz CT molecular complexity index is 1140. The number of carbonyl (C=O) groups excluding carboxylic acids is 1. The maximum absolute atomic E-state index is 12.8. The molecule has 5 nitrogen and oxygen atoms in total. The molecule has 1 heterocycles. The summed E-state index contributed by atoms with van der Waals surface area (Å²) in [6.07, 6.45) is 2.65. The normalized spacial score (nSPS) is 15.2. The predicted octanol–water partition coefficient (Wildman–Crippen LogP) is 4.50.